The molecular weight excluding hydrogens is 327 g/mol. The van der Waals surface area contributed by atoms with E-state index in [2.05, 4.69) is 31.1 Å². The van der Waals surface area contributed by atoms with Crippen LogP contribution in [0.2, 0.25) is 0 Å². The van der Waals surface area contributed by atoms with Crippen LogP contribution in [-0.2, 0) is 6.54 Å². The summed E-state index contributed by atoms with van der Waals surface area (Å²) < 4.78 is 19.0. The standard InChI is InChI=1S/C13H10BrFN4O/c1-19(13-16-5-8(14)6-17-13)7-11-10-3-2-9(15)4-12(10)20-18-11/h2-6H,7H2,1H3. The number of anilines is 1. The van der Waals surface area contributed by atoms with Gasteiger partial charge in [-0.2, -0.15) is 0 Å². The lowest BCUT2D eigenvalue weighted by Crippen LogP contribution is -2.19. The number of nitrogens with zero attached hydrogens (tertiary/aromatic N) is 4. The van der Waals surface area contributed by atoms with Crippen LogP contribution < -0.4 is 4.90 Å². The first-order valence-electron chi connectivity index (χ1n) is 5.86. The van der Waals surface area contributed by atoms with Gasteiger partial charge in [0, 0.05) is 30.9 Å². The van der Waals surface area contributed by atoms with E-state index in [1.165, 1.54) is 12.1 Å². The minimum atomic E-state index is -0.343. The fraction of sp³-hybridized carbons (Fsp3) is 0.154. The first kappa shape index (κ1) is 13.0. The van der Waals surface area contributed by atoms with Crippen LogP contribution in [0, 0.1) is 5.82 Å². The highest BCUT2D eigenvalue weighted by Gasteiger charge is 2.12. The number of fused-ring (bicyclic) bond motifs is 1. The van der Waals surface area contributed by atoms with E-state index in [1.54, 1.807) is 18.5 Å². The quantitative estimate of drug-likeness (QED) is 0.735. The molecule has 0 spiro atoms. The second-order valence-electron chi connectivity index (χ2n) is 4.33. The highest BCUT2D eigenvalue weighted by molar-refractivity contribution is 9.10. The van der Waals surface area contributed by atoms with Crippen molar-refractivity contribution in [3.8, 4) is 0 Å². The van der Waals surface area contributed by atoms with Gasteiger partial charge in [0.1, 0.15) is 11.5 Å². The zero-order chi connectivity index (χ0) is 14.1. The van der Waals surface area contributed by atoms with Crippen LogP contribution in [0.3, 0.4) is 0 Å². The predicted octanol–water partition coefficient (Wildman–Crippen LogP) is 3.16. The van der Waals surface area contributed by atoms with Gasteiger partial charge in [-0.3, -0.25) is 0 Å². The number of halogens is 2. The van der Waals surface area contributed by atoms with Gasteiger partial charge in [0.25, 0.3) is 0 Å². The number of benzene rings is 1. The number of hydrogen-bond donors (Lipinski definition) is 0. The molecule has 2 aromatic heterocycles. The molecule has 7 heteroatoms. The van der Waals surface area contributed by atoms with Crippen molar-refractivity contribution in [2.45, 2.75) is 6.54 Å². The van der Waals surface area contributed by atoms with Gasteiger partial charge in [-0.25, -0.2) is 14.4 Å². The highest BCUT2D eigenvalue weighted by Crippen LogP contribution is 2.21. The van der Waals surface area contributed by atoms with E-state index >= 15 is 0 Å². The smallest absolute Gasteiger partial charge is 0.225 e. The van der Waals surface area contributed by atoms with E-state index in [9.17, 15) is 4.39 Å². The maximum Gasteiger partial charge on any atom is 0.225 e. The maximum absolute atomic E-state index is 13.1. The molecule has 0 bridgehead atoms. The Labute approximate surface area is 122 Å². The fourth-order valence-corrected chi connectivity index (χ4v) is 2.08. The van der Waals surface area contributed by atoms with E-state index in [1.807, 2.05) is 11.9 Å². The molecule has 0 N–H and O–H groups in total. The fourth-order valence-electron chi connectivity index (χ4n) is 1.88. The Hall–Kier alpha value is -2.02. The molecule has 20 heavy (non-hydrogen) atoms. The molecule has 3 rings (SSSR count). The molecule has 0 radical (unpaired) electrons. The monoisotopic (exact) mass is 336 g/mol. The molecule has 0 aliphatic heterocycles. The van der Waals surface area contributed by atoms with E-state index in [-0.39, 0.29) is 5.82 Å². The Bertz CT molecular complexity index is 744. The van der Waals surface area contributed by atoms with E-state index in [0.29, 0.717) is 23.8 Å². The zero-order valence-corrected chi connectivity index (χ0v) is 12.1. The molecule has 0 aliphatic carbocycles. The second-order valence-corrected chi connectivity index (χ2v) is 5.24. The van der Waals surface area contributed by atoms with Gasteiger partial charge >= 0.3 is 0 Å². The molecule has 3 aromatic rings. The normalized spacial score (nSPS) is 10.9. The minimum absolute atomic E-state index is 0.343. The van der Waals surface area contributed by atoms with Gasteiger partial charge in [0.2, 0.25) is 5.95 Å². The Morgan fingerprint density at radius 1 is 1.30 bits per heavy atom. The predicted molar refractivity (Wildman–Crippen MR) is 75.8 cm³/mol. The summed E-state index contributed by atoms with van der Waals surface area (Å²) in [5, 5.41) is 4.76. The lowest BCUT2D eigenvalue weighted by Gasteiger charge is -2.14. The van der Waals surface area contributed by atoms with Gasteiger partial charge in [0.15, 0.2) is 5.58 Å². The average molecular weight is 337 g/mol. The summed E-state index contributed by atoms with van der Waals surface area (Å²) in [5.41, 5.74) is 1.15. The number of rotatable bonds is 3. The van der Waals surface area contributed by atoms with Crippen LogP contribution in [0.1, 0.15) is 5.69 Å². The summed E-state index contributed by atoms with van der Waals surface area (Å²) in [4.78, 5) is 10.2. The van der Waals surface area contributed by atoms with Crippen molar-refractivity contribution >= 4 is 32.8 Å². The highest BCUT2D eigenvalue weighted by atomic mass is 79.9. The second kappa shape index (κ2) is 5.16. The molecule has 0 amide bonds. The Morgan fingerprint density at radius 3 is 2.80 bits per heavy atom. The molecule has 0 aliphatic rings. The lowest BCUT2D eigenvalue weighted by atomic mass is 10.2. The SMILES string of the molecule is CN(Cc1noc2cc(F)ccc12)c1ncc(Br)cn1. The van der Waals surface area contributed by atoms with Gasteiger partial charge in [-0.05, 0) is 28.1 Å². The average Bonchev–Trinajstić information content (AvgIpc) is 2.81. The number of hydrogen-bond acceptors (Lipinski definition) is 5. The summed E-state index contributed by atoms with van der Waals surface area (Å²) >= 11 is 3.29. The molecule has 0 saturated heterocycles. The first-order valence-corrected chi connectivity index (χ1v) is 6.65. The molecule has 2 heterocycles. The molecule has 102 valence electrons. The molecule has 0 saturated carbocycles. The van der Waals surface area contributed by atoms with Gasteiger partial charge in [0.05, 0.1) is 11.0 Å². The van der Waals surface area contributed by atoms with Crippen molar-refractivity contribution < 1.29 is 8.91 Å². The van der Waals surface area contributed by atoms with Crippen LogP contribution >= 0.6 is 15.9 Å². The van der Waals surface area contributed by atoms with Gasteiger partial charge < -0.3 is 9.42 Å². The molecule has 0 atom stereocenters. The topological polar surface area (TPSA) is 55.1 Å². The van der Waals surface area contributed by atoms with E-state index in [4.69, 9.17) is 4.52 Å². The van der Waals surface area contributed by atoms with Gasteiger partial charge in [-0.15, -0.1) is 0 Å². The molecule has 0 fully saturated rings. The third-order valence-corrected chi connectivity index (χ3v) is 3.25. The lowest BCUT2D eigenvalue weighted by molar-refractivity contribution is 0.444. The van der Waals surface area contributed by atoms with Crippen LogP contribution in [0.4, 0.5) is 10.3 Å². The van der Waals surface area contributed by atoms with Crippen LogP contribution in [0.5, 0.6) is 0 Å². The summed E-state index contributed by atoms with van der Waals surface area (Å²) in [6.07, 6.45) is 3.35. The van der Waals surface area contributed by atoms with Crippen LogP contribution in [0.15, 0.2) is 39.6 Å². The molecule has 1 aromatic carbocycles. The van der Waals surface area contributed by atoms with E-state index in [0.717, 1.165) is 9.86 Å². The van der Waals surface area contributed by atoms with E-state index < -0.39 is 0 Å². The Balaban J connectivity index is 1.87. The maximum atomic E-state index is 13.1. The van der Waals surface area contributed by atoms with Crippen molar-refractivity contribution in [3.63, 3.8) is 0 Å². The van der Waals surface area contributed by atoms with Crippen molar-refractivity contribution in [3.05, 3.63) is 46.6 Å². The summed E-state index contributed by atoms with van der Waals surface area (Å²) in [6, 6.07) is 4.37. The minimum Gasteiger partial charge on any atom is -0.356 e. The Kier molecular flexibility index (Phi) is 3.35. The third kappa shape index (κ3) is 2.49. The number of aromatic nitrogens is 3. The first-order chi connectivity index (χ1) is 9.63. The van der Waals surface area contributed by atoms with Gasteiger partial charge in [-0.1, -0.05) is 5.16 Å². The summed E-state index contributed by atoms with van der Waals surface area (Å²) in [7, 11) is 1.85. The van der Waals surface area contributed by atoms with Crippen LogP contribution in [-0.4, -0.2) is 22.2 Å². The van der Waals surface area contributed by atoms with Crippen molar-refractivity contribution in [1.82, 2.24) is 15.1 Å². The summed E-state index contributed by atoms with van der Waals surface area (Å²) in [5.74, 6) is 0.233. The van der Waals surface area contributed by atoms with Crippen molar-refractivity contribution in [2.24, 2.45) is 0 Å². The largest absolute Gasteiger partial charge is 0.356 e. The molecule has 0 unspecified atom stereocenters. The van der Waals surface area contributed by atoms with Crippen LogP contribution in [0.25, 0.3) is 11.0 Å². The van der Waals surface area contributed by atoms with Crippen molar-refractivity contribution in [2.75, 3.05) is 11.9 Å². The molecular formula is C13H10BrFN4O. The third-order valence-electron chi connectivity index (χ3n) is 2.84. The van der Waals surface area contributed by atoms with Crippen molar-refractivity contribution in [1.29, 1.82) is 0 Å². The zero-order valence-electron chi connectivity index (χ0n) is 10.5. The molecule has 5 nitrogen and oxygen atoms in total. The Morgan fingerprint density at radius 2 is 2.05 bits per heavy atom. The summed E-state index contributed by atoms with van der Waals surface area (Å²) in [6.45, 7) is 0.472.